The lowest BCUT2D eigenvalue weighted by Crippen LogP contribution is -2.20. The second kappa shape index (κ2) is 8.93. The van der Waals surface area contributed by atoms with Crippen molar-refractivity contribution in [3.8, 4) is 0 Å². The van der Waals surface area contributed by atoms with Gasteiger partial charge in [0.25, 0.3) is 0 Å². The maximum atomic E-state index is 5.12. The van der Waals surface area contributed by atoms with Crippen molar-refractivity contribution in [2.45, 2.75) is 43.9 Å². The topological polar surface area (TPSA) is 18.5 Å². The van der Waals surface area contributed by atoms with Crippen LogP contribution in [0.1, 0.15) is 12.8 Å². The van der Waals surface area contributed by atoms with Gasteiger partial charge in [0.1, 0.15) is 15.4 Å². The number of hydrogen-bond acceptors (Lipinski definition) is 2. The van der Waals surface area contributed by atoms with Gasteiger partial charge in [0.15, 0.2) is 0 Å². The highest BCUT2D eigenvalue weighted by atomic mass is 28.3. The maximum Gasteiger partial charge on any atom is 0.136 e. The van der Waals surface area contributed by atoms with E-state index in [0.717, 1.165) is 9.52 Å². The van der Waals surface area contributed by atoms with Crippen molar-refractivity contribution >= 4 is 18.3 Å². The lowest BCUT2D eigenvalue weighted by Gasteiger charge is -2.11. The molecule has 0 atom stereocenters. The average molecular weight is 217 g/mol. The van der Waals surface area contributed by atoms with Crippen molar-refractivity contribution in [2.24, 2.45) is 0 Å². The van der Waals surface area contributed by atoms with Gasteiger partial charge in [-0.05, 0) is 0 Å². The third kappa shape index (κ3) is 8.68. The van der Waals surface area contributed by atoms with Crippen molar-refractivity contribution in [1.29, 1.82) is 0 Å². The van der Waals surface area contributed by atoms with E-state index in [1.807, 2.05) is 0 Å². The Morgan fingerprint density at radius 3 is 2.23 bits per heavy atom. The van der Waals surface area contributed by atoms with Gasteiger partial charge < -0.3 is 9.47 Å². The summed E-state index contributed by atoms with van der Waals surface area (Å²) in [5.41, 5.74) is 0. The van der Waals surface area contributed by atoms with Crippen LogP contribution in [-0.4, -0.2) is 38.4 Å². The van der Waals surface area contributed by atoms with Crippen LogP contribution >= 0.6 is 0 Å². The largest absolute Gasteiger partial charge is 0.360 e. The second-order valence-corrected chi connectivity index (χ2v) is 7.72. The first-order chi connectivity index (χ1) is 6.20. The molecule has 3 radical (unpaired) electrons. The molecule has 0 amide bonds. The van der Waals surface area contributed by atoms with Gasteiger partial charge in [-0.15, -0.1) is 0 Å². The molecule has 13 heavy (non-hydrogen) atoms. The Morgan fingerprint density at radius 2 is 1.77 bits per heavy atom. The summed E-state index contributed by atoms with van der Waals surface area (Å²) < 4.78 is 10.2. The fourth-order valence-electron chi connectivity index (χ4n) is 1.09. The van der Waals surface area contributed by atoms with Gasteiger partial charge >= 0.3 is 0 Å². The SMILES string of the molecule is COC(OC)[Si]CCCC[Si](C)C. The van der Waals surface area contributed by atoms with Crippen LogP contribution in [0.25, 0.3) is 0 Å². The highest BCUT2D eigenvalue weighted by molar-refractivity contribution is 6.55. The zero-order valence-corrected chi connectivity index (χ0v) is 11.2. The van der Waals surface area contributed by atoms with E-state index < -0.39 is 0 Å². The van der Waals surface area contributed by atoms with E-state index >= 15 is 0 Å². The molecule has 0 aliphatic rings. The Kier molecular flexibility index (Phi) is 9.17. The minimum atomic E-state index is -0.00539. The standard InChI is InChI=1S/C9H21O2Si2/c1-10-9(11-2)12-7-5-6-8-13(3)4/h9H,5-8H2,1-4H3. The van der Waals surface area contributed by atoms with Gasteiger partial charge in [-0.2, -0.15) is 0 Å². The summed E-state index contributed by atoms with van der Waals surface area (Å²) in [6, 6.07) is 2.70. The third-order valence-corrected chi connectivity index (χ3v) is 4.64. The lowest BCUT2D eigenvalue weighted by molar-refractivity contribution is -0.0441. The summed E-state index contributed by atoms with van der Waals surface area (Å²) in [4.78, 5) is 0. The quantitative estimate of drug-likeness (QED) is 0.353. The van der Waals surface area contributed by atoms with Gasteiger partial charge in [-0.25, -0.2) is 0 Å². The van der Waals surface area contributed by atoms with Crippen LogP contribution in [0.15, 0.2) is 0 Å². The van der Waals surface area contributed by atoms with E-state index in [2.05, 4.69) is 13.1 Å². The predicted molar refractivity (Wildman–Crippen MR) is 59.9 cm³/mol. The van der Waals surface area contributed by atoms with Gasteiger partial charge in [0, 0.05) is 23.0 Å². The summed E-state index contributed by atoms with van der Waals surface area (Å²) in [5, 5.41) is 0. The minimum absolute atomic E-state index is 0.00539. The molecular formula is C9H21O2Si2. The van der Waals surface area contributed by atoms with Crippen molar-refractivity contribution in [1.82, 2.24) is 0 Å². The highest BCUT2D eigenvalue weighted by Gasteiger charge is 2.05. The van der Waals surface area contributed by atoms with Crippen molar-refractivity contribution in [3.63, 3.8) is 0 Å². The Balaban J connectivity index is 3.14. The Hall–Kier alpha value is 0.354. The normalized spacial score (nSPS) is 11.5. The zero-order chi connectivity index (χ0) is 10.1. The molecule has 0 N–H and O–H groups in total. The molecule has 0 heterocycles. The van der Waals surface area contributed by atoms with E-state index in [4.69, 9.17) is 9.47 Å². The van der Waals surface area contributed by atoms with Gasteiger partial charge in [-0.1, -0.05) is 38.0 Å². The summed E-state index contributed by atoms with van der Waals surface area (Å²) in [5.74, 6) is 0.0352. The molecule has 0 rings (SSSR count). The molecule has 0 saturated carbocycles. The fraction of sp³-hybridized carbons (Fsp3) is 1.00. The molecule has 0 saturated heterocycles. The predicted octanol–water partition coefficient (Wildman–Crippen LogP) is 2.22. The fourth-order valence-corrected chi connectivity index (χ4v) is 3.07. The van der Waals surface area contributed by atoms with Crippen LogP contribution in [0.4, 0.5) is 0 Å². The molecule has 77 valence electrons. The first-order valence-electron chi connectivity index (χ1n) is 4.78. The van der Waals surface area contributed by atoms with E-state index in [1.54, 1.807) is 14.2 Å². The third-order valence-electron chi connectivity index (χ3n) is 1.84. The lowest BCUT2D eigenvalue weighted by atomic mass is 10.4. The highest BCUT2D eigenvalue weighted by Crippen LogP contribution is 2.05. The summed E-state index contributed by atoms with van der Waals surface area (Å²) >= 11 is 0. The Labute approximate surface area is 86.4 Å². The first kappa shape index (κ1) is 13.4. The van der Waals surface area contributed by atoms with Crippen LogP contribution in [0.5, 0.6) is 0 Å². The summed E-state index contributed by atoms with van der Waals surface area (Å²) in [6.07, 6.45) is 2.71. The van der Waals surface area contributed by atoms with Gasteiger partial charge in [0.2, 0.25) is 0 Å². The molecule has 0 spiro atoms. The number of rotatable bonds is 8. The smallest absolute Gasteiger partial charge is 0.136 e. The Morgan fingerprint density at radius 1 is 1.15 bits per heavy atom. The van der Waals surface area contributed by atoms with Crippen LogP contribution in [0.2, 0.25) is 25.2 Å². The van der Waals surface area contributed by atoms with Crippen LogP contribution in [0.3, 0.4) is 0 Å². The first-order valence-corrected chi connectivity index (χ1v) is 8.78. The van der Waals surface area contributed by atoms with E-state index in [0.29, 0.717) is 0 Å². The number of ether oxygens (including phenoxy) is 2. The van der Waals surface area contributed by atoms with Crippen LogP contribution in [-0.2, 0) is 9.47 Å². The molecule has 0 bridgehead atoms. The zero-order valence-electron chi connectivity index (χ0n) is 9.22. The van der Waals surface area contributed by atoms with Crippen LogP contribution < -0.4 is 0 Å². The van der Waals surface area contributed by atoms with Gasteiger partial charge in [0.05, 0.1) is 0 Å². The van der Waals surface area contributed by atoms with Gasteiger partial charge in [-0.3, -0.25) is 0 Å². The molecule has 0 aliphatic heterocycles. The molecule has 0 fully saturated rings. The number of unbranched alkanes of at least 4 members (excludes halogenated alkanes) is 1. The van der Waals surface area contributed by atoms with Crippen molar-refractivity contribution < 1.29 is 9.47 Å². The Bertz CT molecular complexity index is 106. The molecule has 0 aliphatic carbocycles. The molecular weight excluding hydrogens is 196 g/mol. The average Bonchev–Trinajstić information content (AvgIpc) is 2.11. The van der Waals surface area contributed by atoms with Crippen LogP contribution in [0, 0.1) is 0 Å². The van der Waals surface area contributed by atoms with E-state index in [9.17, 15) is 0 Å². The molecule has 4 heteroatoms. The molecule has 0 aromatic rings. The van der Waals surface area contributed by atoms with E-state index in [-0.39, 0.29) is 14.7 Å². The molecule has 0 aromatic carbocycles. The molecule has 0 unspecified atom stereocenters. The monoisotopic (exact) mass is 217 g/mol. The minimum Gasteiger partial charge on any atom is -0.360 e. The summed E-state index contributed by atoms with van der Waals surface area (Å²) in [7, 11) is 4.21. The number of hydrogen-bond donors (Lipinski definition) is 0. The van der Waals surface area contributed by atoms with Crippen molar-refractivity contribution in [2.75, 3.05) is 14.2 Å². The summed E-state index contributed by atoms with van der Waals surface area (Å²) in [6.45, 7) is 4.75. The van der Waals surface area contributed by atoms with Crippen molar-refractivity contribution in [3.05, 3.63) is 0 Å². The second-order valence-electron chi connectivity index (χ2n) is 3.42. The molecule has 0 aromatic heterocycles. The number of methoxy groups -OCH3 is 2. The molecule has 2 nitrogen and oxygen atoms in total. The van der Waals surface area contributed by atoms with E-state index in [1.165, 1.54) is 24.9 Å². The maximum absolute atomic E-state index is 5.12.